The van der Waals surface area contributed by atoms with Crippen LogP contribution in [0.4, 0.5) is 8.78 Å². The van der Waals surface area contributed by atoms with Crippen LogP contribution in [0.5, 0.6) is 0 Å². The standard InChI is InChI=1S/C11H11F2N3O/c12-9-2-1-8(11(13)5-9)6-16-7-10(3-4-17)14-15-16/h1-2,5,7,17H,3-4,6H2. The van der Waals surface area contributed by atoms with Gasteiger partial charge in [-0.1, -0.05) is 11.3 Å². The Labute approximate surface area is 96.5 Å². The number of aromatic nitrogens is 3. The fraction of sp³-hybridized carbons (Fsp3) is 0.273. The summed E-state index contributed by atoms with van der Waals surface area (Å²) in [4.78, 5) is 0. The Bertz CT molecular complexity index is 513. The Morgan fingerprint density at radius 1 is 1.29 bits per heavy atom. The number of nitrogens with zero attached hydrogens (tertiary/aromatic N) is 3. The first-order chi connectivity index (χ1) is 8.19. The Kier molecular flexibility index (Phi) is 3.43. The van der Waals surface area contributed by atoms with E-state index in [0.29, 0.717) is 17.7 Å². The quantitative estimate of drug-likeness (QED) is 0.870. The summed E-state index contributed by atoms with van der Waals surface area (Å²) >= 11 is 0. The maximum Gasteiger partial charge on any atom is 0.131 e. The van der Waals surface area contributed by atoms with E-state index in [4.69, 9.17) is 5.11 Å². The Balaban J connectivity index is 2.13. The van der Waals surface area contributed by atoms with Crippen LogP contribution in [0.3, 0.4) is 0 Å². The third kappa shape index (κ3) is 2.85. The zero-order valence-electron chi connectivity index (χ0n) is 8.98. The number of hydrogen-bond acceptors (Lipinski definition) is 3. The monoisotopic (exact) mass is 239 g/mol. The van der Waals surface area contributed by atoms with Crippen LogP contribution < -0.4 is 0 Å². The van der Waals surface area contributed by atoms with Crippen LogP contribution in [-0.2, 0) is 13.0 Å². The van der Waals surface area contributed by atoms with Crippen molar-refractivity contribution in [2.45, 2.75) is 13.0 Å². The Morgan fingerprint density at radius 2 is 2.12 bits per heavy atom. The minimum atomic E-state index is -0.607. The smallest absolute Gasteiger partial charge is 0.131 e. The highest BCUT2D eigenvalue weighted by Crippen LogP contribution is 2.10. The van der Waals surface area contributed by atoms with E-state index in [9.17, 15) is 8.78 Å². The molecule has 1 N–H and O–H groups in total. The Hall–Kier alpha value is -1.82. The molecule has 2 aromatic rings. The molecule has 90 valence electrons. The highest BCUT2D eigenvalue weighted by molar-refractivity contribution is 5.18. The molecular formula is C11H11F2N3O. The van der Waals surface area contributed by atoms with E-state index < -0.39 is 11.6 Å². The minimum absolute atomic E-state index is 0.0103. The lowest BCUT2D eigenvalue weighted by atomic mass is 10.2. The van der Waals surface area contributed by atoms with Crippen molar-refractivity contribution in [1.82, 2.24) is 15.0 Å². The van der Waals surface area contributed by atoms with E-state index >= 15 is 0 Å². The molecular weight excluding hydrogens is 228 g/mol. The molecule has 2 rings (SSSR count). The van der Waals surface area contributed by atoms with Crippen molar-refractivity contribution in [3.8, 4) is 0 Å². The summed E-state index contributed by atoms with van der Waals surface area (Å²) < 4.78 is 27.5. The van der Waals surface area contributed by atoms with Gasteiger partial charge in [0.1, 0.15) is 11.6 Å². The van der Waals surface area contributed by atoms with E-state index in [-0.39, 0.29) is 13.2 Å². The minimum Gasteiger partial charge on any atom is -0.396 e. The highest BCUT2D eigenvalue weighted by atomic mass is 19.1. The van der Waals surface area contributed by atoms with Gasteiger partial charge in [-0.2, -0.15) is 0 Å². The average Bonchev–Trinajstić information content (AvgIpc) is 2.71. The van der Waals surface area contributed by atoms with E-state index in [0.717, 1.165) is 6.07 Å². The first-order valence-corrected chi connectivity index (χ1v) is 5.13. The third-order valence-corrected chi connectivity index (χ3v) is 2.30. The van der Waals surface area contributed by atoms with Crippen LogP contribution in [0.2, 0.25) is 0 Å². The number of aliphatic hydroxyl groups excluding tert-OH is 1. The second kappa shape index (κ2) is 5.01. The van der Waals surface area contributed by atoms with Crippen LogP contribution in [0.25, 0.3) is 0 Å². The van der Waals surface area contributed by atoms with Gasteiger partial charge in [0.05, 0.1) is 12.2 Å². The predicted octanol–water partition coefficient (Wildman–Crippen LogP) is 1.14. The fourth-order valence-corrected chi connectivity index (χ4v) is 1.47. The molecule has 0 saturated carbocycles. The van der Waals surface area contributed by atoms with Crippen LogP contribution >= 0.6 is 0 Å². The molecule has 0 bridgehead atoms. The van der Waals surface area contributed by atoms with Gasteiger partial charge < -0.3 is 5.11 Å². The molecule has 1 aromatic heterocycles. The van der Waals surface area contributed by atoms with Crippen molar-refractivity contribution in [3.05, 3.63) is 47.3 Å². The summed E-state index contributed by atoms with van der Waals surface area (Å²) in [6.07, 6.45) is 2.03. The molecule has 4 nitrogen and oxygen atoms in total. The summed E-state index contributed by atoms with van der Waals surface area (Å²) in [5.41, 5.74) is 0.974. The molecule has 0 fully saturated rings. The van der Waals surface area contributed by atoms with Crippen LogP contribution in [-0.4, -0.2) is 26.7 Å². The summed E-state index contributed by atoms with van der Waals surface area (Å²) in [6.45, 7) is 0.175. The van der Waals surface area contributed by atoms with Gasteiger partial charge in [-0.05, 0) is 6.07 Å². The lowest BCUT2D eigenvalue weighted by Gasteiger charge is -2.02. The Morgan fingerprint density at radius 3 is 2.82 bits per heavy atom. The van der Waals surface area contributed by atoms with Crippen molar-refractivity contribution >= 4 is 0 Å². The second-order valence-corrected chi connectivity index (χ2v) is 3.62. The van der Waals surface area contributed by atoms with Crippen molar-refractivity contribution in [2.75, 3.05) is 6.61 Å². The second-order valence-electron chi connectivity index (χ2n) is 3.62. The van der Waals surface area contributed by atoms with Gasteiger partial charge in [0.15, 0.2) is 0 Å². The van der Waals surface area contributed by atoms with Gasteiger partial charge in [0.25, 0.3) is 0 Å². The molecule has 1 aromatic carbocycles. The molecule has 0 aliphatic carbocycles. The summed E-state index contributed by atoms with van der Waals surface area (Å²) in [5, 5.41) is 16.3. The van der Waals surface area contributed by atoms with Crippen molar-refractivity contribution < 1.29 is 13.9 Å². The zero-order valence-corrected chi connectivity index (χ0v) is 8.98. The maximum absolute atomic E-state index is 13.3. The van der Waals surface area contributed by atoms with Crippen LogP contribution in [0.1, 0.15) is 11.3 Å². The molecule has 0 saturated heterocycles. The third-order valence-electron chi connectivity index (χ3n) is 2.30. The van der Waals surface area contributed by atoms with Gasteiger partial charge in [-0.25, -0.2) is 13.5 Å². The molecule has 0 aliphatic heterocycles. The van der Waals surface area contributed by atoms with E-state index in [1.54, 1.807) is 6.20 Å². The van der Waals surface area contributed by atoms with E-state index in [1.807, 2.05) is 0 Å². The normalized spacial score (nSPS) is 10.8. The van der Waals surface area contributed by atoms with Crippen molar-refractivity contribution in [2.24, 2.45) is 0 Å². The van der Waals surface area contributed by atoms with Gasteiger partial charge in [0.2, 0.25) is 0 Å². The first kappa shape index (κ1) is 11.7. The SMILES string of the molecule is OCCc1cn(Cc2ccc(F)cc2F)nn1. The molecule has 0 spiro atoms. The first-order valence-electron chi connectivity index (χ1n) is 5.13. The van der Waals surface area contributed by atoms with Crippen molar-refractivity contribution in [1.29, 1.82) is 0 Å². The molecule has 0 atom stereocenters. The number of hydrogen-bond donors (Lipinski definition) is 1. The van der Waals surface area contributed by atoms with E-state index in [2.05, 4.69) is 10.3 Å². The van der Waals surface area contributed by atoms with Gasteiger partial charge in [-0.3, -0.25) is 0 Å². The largest absolute Gasteiger partial charge is 0.396 e. The number of benzene rings is 1. The summed E-state index contributed by atoms with van der Waals surface area (Å²) in [5.74, 6) is -1.21. The number of rotatable bonds is 4. The van der Waals surface area contributed by atoms with Gasteiger partial charge in [-0.15, -0.1) is 5.10 Å². The molecule has 0 unspecified atom stereocenters. The maximum atomic E-state index is 13.3. The number of halogens is 2. The highest BCUT2D eigenvalue weighted by Gasteiger charge is 2.06. The molecule has 0 amide bonds. The fourth-order valence-electron chi connectivity index (χ4n) is 1.47. The van der Waals surface area contributed by atoms with Gasteiger partial charge in [0, 0.05) is 30.9 Å². The summed E-state index contributed by atoms with van der Waals surface area (Å²) in [7, 11) is 0. The topological polar surface area (TPSA) is 50.9 Å². The lowest BCUT2D eigenvalue weighted by Crippen LogP contribution is -2.03. The average molecular weight is 239 g/mol. The van der Waals surface area contributed by atoms with Crippen molar-refractivity contribution in [3.63, 3.8) is 0 Å². The number of aliphatic hydroxyl groups is 1. The summed E-state index contributed by atoms with van der Waals surface area (Å²) in [6, 6.07) is 3.41. The van der Waals surface area contributed by atoms with Crippen LogP contribution in [0, 0.1) is 11.6 Å². The zero-order chi connectivity index (χ0) is 12.3. The molecule has 6 heteroatoms. The van der Waals surface area contributed by atoms with E-state index in [1.165, 1.54) is 16.8 Å². The van der Waals surface area contributed by atoms with Gasteiger partial charge >= 0.3 is 0 Å². The molecule has 17 heavy (non-hydrogen) atoms. The lowest BCUT2D eigenvalue weighted by molar-refractivity contribution is 0.298. The molecule has 0 radical (unpaired) electrons. The molecule has 0 aliphatic rings. The predicted molar refractivity (Wildman–Crippen MR) is 56.3 cm³/mol. The van der Waals surface area contributed by atoms with Crippen LogP contribution in [0.15, 0.2) is 24.4 Å². The molecule has 1 heterocycles.